The van der Waals surface area contributed by atoms with Gasteiger partial charge in [-0.15, -0.1) is 0 Å². The van der Waals surface area contributed by atoms with Crippen LogP contribution in [0.3, 0.4) is 0 Å². The smallest absolute Gasteiger partial charge is 0.228 e. The Balaban J connectivity index is 1.40. The maximum atomic E-state index is 14.1. The summed E-state index contributed by atoms with van der Waals surface area (Å²) in [5.41, 5.74) is 9.10. The Labute approximate surface area is 172 Å². The molecule has 1 amide bonds. The Morgan fingerprint density at radius 3 is 2.70 bits per heavy atom. The summed E-state index contributed by atoms with van der Waals surface area (Å²) in [7, 11) is 0. The van der Waals surface area contributed by atoms with E-state index in [4.69, 9.17) is 5.73 Å². The monoisotopic (exact) mass is 409 g/mol. The van der Waals surface area contributed by atoms with Gasteiger partial charge in [-0.1, -0.05) is 0 Å². The second-order valence-electron chi connectivity index (χ2n) is 7.55. The zero-order valence-electron chi connectivity index (χ0n) is 16.5. The summed E-state index contributed by atoms with van der Waals surface area (Å²) in [6.07, 6.45) is 2.38. The van der Waals surface area contributed by atoms with Gasteiger partial charge in [0, 0.05) is 36.1 Å². The van der Waals surface area contributed by atoms with Crippen molar-refractivity contribution in [3.8, 4) is 11.3 Å². The van der Waals surface area contributed by atoms with E-state index < -0.39 is 11.6 Å². The number of anilines is 1. The molecule has 154 valence electrons. The van der Waals surface area contributed by atoms with Crippen LogP contribution < -0.4 is 5.73 Å². The SMILES string of the molecule is Cc1cc(CC2CN(C(=O)Cc3nc(-c4ccc(F)cc4F)ccc3N)C2)ncn1. The predicted octanol–water partition coefficient (Wildman–Crippen LogP) is 2.95. The predicted molar refractivity (Wildman–Crippen MR) is 108 cm³/mol. The highest BCUT2D eigenvalue weighted by molar-refractivity contribution is 5.81. The number of nitrogen functional groups attached to an aromatic ring is 1. The first kappa shape index (κ1) is 19.9. The molecule has 2 N–H and O–H groups in total. The minimum Gasteiger partial charge on any atom is -0.397 e. The molecule has 2 aromatic heterocycles. The van der Waals surface area contributed by atoms with Crippen LogP contribution in [0.1, 0.15) is 17.1 Å². The third-order valence-corrected chi connectivity index (χ3v) is 5.20. The van der Waals surface area contributed by atoms with Crippen LogP contribution in [-0.2, 0) is 17.6 Å². The zero-order valence-corrected chi connectivity index (χ0v) is 16.5. The van der Waals surface area contributed by atoms with Crippen LogP contribution in [0.25, 0.3) is 11.3 Å². The van der Waals surface area contributed by atoms with E-state index in [2.05, 4.69) is 15.0 Å². The van der Waals surface area contributed by atoms with Crippen LogP contribution in [0.2, 0.25) is 0 Å². The molecule has 1 aliphatic heterocycles. The van der Waals surface area contributed by atoms with Crippen LogP contribution in [0.5, 0.6) is 0 Å². The Bertz CT molecular complexity index is 1100. The second kappa shape index (κ2) is 8.14. The van der Waals surface area contributed by atoms with Crippen molar-refractivity contribution in [1.29, 1.82) is 0 Å². The Morgan fingerprint density at radius 2 is 1.97 bits per heavy atom. The molecule has 0 spiro atoms. The molecule has 1 saturated heterocycles. The lowest BCUT2D eigenvalue weighted by Crippen LogP contribution is -2.51. The van der Waals surface area contributed by atoms with Gasteiger partial charge in [0.15, 0.2) is 0 Å². The number of pyridine rings is 1. The minimum absolute atomic E-state index is 0.0296. The molecule has 6 nitrogen and oxygen atoms in total. The standard InChI is InChI=1S/C22H21F2N5O/c1-13-6-16(27-12-26-13)7-14-10-29(11-14)22(30)9-21-19(25)4-5-20(28-21)17-3-2-15(23)8-18(17)24/h2-6,8,12,14H,7,9-11,25H2,1H3. The summed E-state index contributed by atoms with van der Waals surface area (Å²) in [5, 5.41) is 0. The number of halogens is 2. The molecule has 0 atom stereocenters. The Kier molecular flexibility index (Phi) is 5.39. The van der Waals surface area contributed by atoms with Gasteiger partial charge in [0.2, 0.25) is 5.91 Å². The fourth-order valence-electron chi connectivity index (χ4n) is 3.58. The number of benzene rings is 1. The first-order chi connectivity index (χ1) is 14.4. The highest BCUT2D eigenvalue weighted by Crippen LogP contribution is 2.25. The molecular weight excluding hydrogens is 388 g/mol. The number of aromatic nitrogens is 3. The van der Waals surface area contributed by atoms with Crippen molar-refractivity contribution in [2.45, 2.75) is 19.8 Å². The van der Waals surface area contributed by atoms with E-state index in [9.17, 15) is 13.6 Å². The van der Waals surface area contributed by atoms with Gasteiger partial charge in [0.05, 0.1) is 23.5 Å². The molecule has 0 bridgehead atoms. The van der Waals surface area contributed by atoms with Gasteiger partial charge >= 0.3 is 0 Å². The van der Waals surface area contributed by atoms with E-state index in [-0.39, 0.29) is 17.9 Å². The van der Waals surface area contributed by atoms with Gasteiger partial charge in [-0.05, 0) is 49.6 Å². The van der Waals surface area contributed by atoms with Crippen molar-refractivity contribution in [2.75, 3.05) is 18.8 Å². The first-order valence-electron chi connectivity index (χ1n) is 9.65. The molecule has 4 rings (SSSR count). The van der Waals surface area contributed by atoms with Gasteiger partial charge in [-0.2, -0.15) is 0 Å². The van der Waals surface area contributed by atoms with Crippen LogP contribution in [-0.4, -0.2) is 38.8 Å². The summed E-state index contributed by atoms with van der Waals surface area (Å²) in [4.78, 5) is 27.1. The average molecular weight is 409 g/mol. The molecule has 1 fully saturated rings. The van der Waals surface area contributed by atoms with Crippen LogP contribution in [0.15, 0.2) is 42.7 Å². The van der Waals surface area contributed by atoms with Gasteiger partial charge in [-0.25, -0.2) is 18.7 Å². The molecule has 30 heavy (non-hydrogen) atoms. The molecule has 0 aliphatic carbocycles. The zero-order chi connectivity index (χ0) is 21.3. The van der Waals surface area contributed by atoms with E-state index in [0.717, 1.165) is 23.9 Å². The number of carbonyl (C=O) groups excluding carboxylic acids is 1. The van der Waals surface area contributed by atoms with Gasteiger partial charge < -0.3 is 10.6 Å². The maximum Gasteiger partial charge on any atom is 0.228 e. The van der Waals surface area contributed by atoms with Crippen molar-refractivity contribution in [3.63, 3.8) is 0 Å². The maximum absolute atomic E-state index is 14.1. The van der Waals surface area contributed by atoms with Crippen molar-refractivity contribution < 1.29 is 13.6 Å². The number of likely N-dealkylation sites (tertiary alicyclic amines) is 1. The molecule has 0 saturated carbocycles. The van der Waals surface area contributed by atoms with Crippen molar-refractivity contribution in [2.24, 2.45) is 5.92 Å². The third-order valence-electron chi connectivity index (χ3n) is 5.20. The number of hydrogen-bond donors (Lipinski definition) is 1. The second-order valence-corrected chi connectivity index (χ2v) is 7.55. The molecule has 1 aliphatic rings. The quantitative estimate of drug-likeness (QED) is 0.700. The fraction of sp³-hybridized carbons (Fsp3) is 0.273. The summed E-state index contributed by atoms with van der Waals surface area (Å²) >= 11 is 0. The lowest BCUT2D eigenvalue weighted by molar-refractivity contribution is -0.136. The highest BCUT2D eigenvalue weighted by Gasteiger charge is 2.31. The lowest BCUT2D eigenvalue weighted by atomic mass is 9.93. The van der Waals surface area contributed by atoms with Crippen molar-refractivity contribution >= 4 is 11.6 Å². The highest BCUT2D eigenvalue weighted by atomic mass is 19.1. The normalized spacial score (nSPS) is 13.9. The van der Waals surface area contributed by atoms with Crippen LogP contribution >= 0.6 is 0 Å². The topological polar surface area (TPSA) is 85.0 Å². The van der Waals surface area contributed by atoms with E-state index in [0.29, 0.717) is 36.1 Å². The number of nitrogens with zero attached hydrogens (tertiary/aromatic N) is 4. The molecule has 8 heteroatoms. The number of aryl methyl sites for hydroxylation is 1. The Hall–Kier alpha value is -3.42. The number of nitrogens with two attached hydrogens (primary N) is 1. The molecule has 3 aromatic rings. The number of amides is 1. The van der Waals surface area contributed by atoms with Crippen LogP contribution in [0, 0.1) is 24.5 Å². The minimum atomic E-state index is -0.713. The largest absolute Gasteiger partial charge is 0.397 e. The third kappa shape index (κ3) is 4.27. The van der Waals surface area contributed by atoms with Gasteiger partial charge in [0.25, 0.3) is 0 Å². The summed E-state index contributed by atoms with van der Waals surface area (Å²) < 4.78 is 27.2. The molecular formula is C22H21F2N5O. The summed E-state index contributed by atoms with van der Waals surface area (Å²) in [6, 6.07) is 8.39. The number of carbonyl (C=O) groups is 1. The number of hydrogen-bond acceptors (Lipinski definition) is 5. The van der Waals surface area contributed by atoms with E-state index in [1.807, 2.05) is 13.0 Å². The van der Waals surface area contributed by atoms with E-state index >= 15 is 0 Å². The van der Waals surface area contributed by atoms with E-state index in [1.165, 1.54) is 12.1 Å². The molecule has 0 radical (unpaired) electrons. The van der Waals surface area contributed by atoms with E-state index in [1.54, 1.807) is 23.4 Å². The summed E-state index contributed by atoms with van der Waals surface area (Å²) in [5.74, 6) is -1.10. The average Bonchev–Trinajstić information content (AvgIpc) is 2.66. The van der Waals surface area contributed by atoms with Gasteiger partial charge in [-0.3, -0.25) is 9.78 Å². The molecule has 0 unspecified atom stereocenters. The van der Waals surface area contributed by atoms with Crippen LogP contribution in [0.4, 0.5) is 14.5 Å². The summed E-state index contributed by atoms with van der Waals surface area (Å²) in [6.45, 7) is 3.22. The fourth-order valence-corrected chi connectivity index (χ4v) is 3.58. The number of rotatable bonds is 5. The Morgan fingerprint density at radius 1 is 1.17 bits per heavy atom. The first-order valence-corrected chi connectivity index (χ1v) is 9.65. The molecule has 3 heterocycles. The van der Waals surface area contributed by atoms with Crippen molar-refractivity contribution in [1.82, 2.24) is 19.9 Å². The lowest BCUT2D eigenvalue weighted by Gasteiger charge is -2.39. The van der Waals surface area contributed by atoms with Crippen molar-refractivity contribution in [3.05, 3.63) is 71.4 Å². The molecule has 1 aromatic carbocycles. The van der Waals surface area contributed by atoms with Gasteiger partial charge in [0.1, 0.15) is 18.0 Å².